The quantitative estimate of drug-likeness (QED) is 0.665. The van der Waals surface area contributed by atoms with Crippen molar-refractivity contribution in [2.24, 2.45) is 5.73 Å². The number of benzene rings is 1. The molecule has 0 aromatic heterocycles. The fourth-order valence-corrected chi connectivity index (χ4v) is 3.11. The Morgan fingerprint density at radius 2 is 2.20 bits per heavy atom. The highest BCUT2D eigenvalue weighted by Crippen LogP contribution is 2.30. The number of amidine groups is 1. The van der Waals surface area contributed by atoms with Crippen LogP contribution in [0.25, 0.3) is 0 Å². The van der Waals surface area contributed by atoms with Gasteiger partial charge in [-0.2, -0.15) is 0 Å². The Hall–Kier alpha value is -1.26. The van der Waals surface area contributed by atoms with Crippen molar-refractivity contribution in [1.29, 1.82) is 5.41 Å². The van der Waals surface area contributed by atoms with E-state index in [4.69, 9.17) is 22.7 Å². The number of anilines is 1. The summed E-state index contributed by atoms with van der Waals surface area (Å²) in [4.78, 5) is 4.78. The van der Waals surface area contributed by atoms with Gasteiger partial charge in [-0.15, -0.1) is 0 Å². The standard InChI is InChI=1S/C15H23ClN4/c1-3-12-10-19(2)7-4-8-20(12)14-6-5-11(15(17)18)9-13(14)16/h5-6,9,12H,3-4,7-8,10H2,1-2H3,(H3,17,18). The summed E-state index contributed by atoms with van der Waals surface area (Å²) in [7, 11) is 2.17. The zero-order valence-corrected chi connectivity index (χ0v) is 13.0. The first-order valence-electron chi connectivity index (χ1n) is 7.12. The Morgan fingerprint density at radius 3 is 2.80 bits per heavy atom. The normalized spacial score (nSPS) is 20.8. The fourth-order valence-electron chi connectivity index (χ4n) is 2.82. The number of hydrogen-bond acceptors (Lipinski definition) is 3. The van der Waals surface area contributed by atoms with Crippen molar-refractivity contribution in [3.05, 3.63) is 28.8 Å². The molecule has 0 saturated carbocycles. The van der Waals surface area contributed by atoms with Crippen LogP contribution in [0.2, 0.25) is 5.02 Å². The molecule has 0 aliphatic carbocycles. The number of nitrogens with two attached hydrogens (primary N) is 1. The molecule has 110 valence electrons. The van der Waals surface area contributed by atoms with Gasteiger partial charge in [0.2, 0.25) is 0 Å². The number of rotatable bonds is 3. The average molecular weight is 295 g/mol. The van der Waals surface area contributed by atoms with Crippen LogP contribution < -0.4 is 10.6 Å². The largest absolute Gasteiger partial charge is 0.384 e. The average Bonchev–Trinajstić information content (AvgIpc) is 2.60. The van der Waals surface area contributed by atoms with Gasteiger partial charge in [-0.3, -0.25) is 5.41 Å². The maximum atomic E-state index is 7.48. The molecule has 1 aromatic rings. The van der Waals surface area contributed by atoms with Crippen LogP contribution in [0.5, 0.6) is 0 Å². The molecule has 0 radical (unpaired) electrons. The van der Waals surface area contributed by atoms with Crippen LogP contribution in [0.1, 0.15) is 25.3 Å². The zero-order valence-electron chi connectivity index (χ0n) is 12.2. The molecule has 1 unspecified atom stereocenters. The molecule has 0 spiro atoms. The number of hydrogen-bond donors (Lipinski definition) is 2. The number of nitrogen functional groups attached to an aromatic ring is 1. The predicted octanol–water partition coefficient (Wildman–Crippen LogP) is 2.54. The third kappa shape index (κ3) is 3.25. The highest BCUT2D eigenvalue weighted by Gasteiger charge is 2.23. The molecule has 1 aliphatic rings. The fraction of sp³-hybridized carbons (Fsp3) is 0.533. The molecule has 1 aliphatic heterocycles. The second-order valence-corrected chi connectivity index (χ2v) is 5.86. The molecule has 0 amide bonds. The summed E-state index contributed by atoms with van der Waals surface area (Å²) in [6.07, 6.45) is 2.23. The Balaban J connectivity index is 2.30. The van der Waals surface area contributed by atoms with Crippen LogP contribution in [-0.2, 0) is 0 Å². The minimum atomic E-state index is 0.0566. The van der Waals surface area contributed by atoms with E-state index in [1.807, 2.05) is 12.1 Å². The number of nitrogens with one attached hydrogen (secondary N) is 1. The molecule has 2 rings (SSSR count). The van der Waals surface area contributed by atoms with E-state index in [2.05, 4.69) is 23.8 Å². The Bertz CT molecular complexity index is 489. The molecule has 0 bridgehead atoms. The Labute approximate surface area is 126 Å². The zero-order chi connectivity index (χ0) is 14.7. The van der Waals surface area contributed by atoms with Gasteiger partial charge in [0.1, 0.15) is 5.84 Å². The summed E-state index contributed by atoms with van der Waals surface area (Å²) in [6.45, 7) is 5.41. The summed E-state index contributed by atoms with van der Waals surface area (Å²) < 4.78 is 0. The third-order valence-electron chi connectivity index (χ3n) is 3.94. The van der Waals surface area contributed by atoms with Gasteiger partial charge < -0.3 is 15.5 Å². The van der Waals surface area contributed by atoms with E-state index in [1.165, 1.54) is 0 Å². The van der Waals surface area contributed by atoms with Gasteiger partial charge in [0.25, 0.3) is 0 Å². The highest BCUT2D eigenvalue weighted by molar-refractivity contribution is 6.33. The molecule has 4 nitrogen and oxygen atoms in total. The third-order valence-corrected chi connectivity index (χ3v) is 4.24. The van der Waals surface area contributed by atoms with Crippen molar-refractivity contribution < 1.29 is 0 Å². The lowest BCUT2D eigenvalue weighted by Crippen LogP contribution is -2.40. The summed E-state index contributed by atoms with van der Waals surface area (Å²) in [5.74, 6) is 0.0566. The monoisotopic (exact) mass is 294 g/mol. The van der Waals surface area contributed by atoms with Crippen LogP contribution in [-0.4, -0.2) is 43.5 Å². The molecule has 20 heavy (non-hydrogen) atoms. The highest BCUT2D eigenvalue weighted by atomic mass is 35.5. The van der Waals surface area contributed by atoms with Gasteiger partial charge in [0.15, 0.2) is 0 Å². The molecule has 1 fully saturated rings. The van der Waals surface area contributed by atoms with E-state index >= 15 is 0 Å². The van der Waals surface area contributed by atoms with E-state index in [1.54, 1.807) is 6.07 Å². The lowest BCUT2D eigenvalue weighted by Gasteiger charge is -2.33. The van der Waals surface area contributed by atoms with Gasteiger partial charge >= 0.3 is 0 Å². The Kier molecular flexibility index (Phi) is 4.89. The molecular formula is C15H23ClN4. The van der Waals surface area contributed by atoms with Gasteiger partial charge in [-0.25, -0.2) is 0 Å². The maximum Gasteiger partial charge on any atom is 0.122 e. The van der Waals surface area contributed by atoms with Crippen LogP contribution >= 0.6 is 11.6 Å². The van der Waals surface area contributed by atoms with Crippen LogP contribution in [0.4, 0.5) is 5.69 Å². The van der Waals surface area contributed by atoms with E-state index in [0.29, 0.717) is 16.6 Å². The van der Waals surface area contributed by atoms with Crippen molar-refractivity contribution in [1.82, 2.24) is 4.90 Å². The maximum absolute atomic E-state index is 7.48. The van der Waals surface area contributed by atoms with Crippen LogP contribution in [0.15, 0.2) is 18.2 Å². The molecule has 3 N–H and O–H groups in total. The lowest BCUT2D eigenvalue weighted by molar-refractivity contribution is 0.328. The number of likely N-dealkylation sites (N-methyl/N-ethyl adjacent to an activating group) is 1. The van der Waals surface area contributed by atoms with Gasteiger partial charge in [-0.1, -0.05) is 18.5 Å². The first-order valence-corrected chi connectivity index (χ1v) is 7.49. The molecule has 5 heteroatoms. The molecule has 1 heterocycles. The molecular weight excluding hydrogens is 272 g/mol. The first-order chi connectivity index (χ1) is 9.52. The van der Waals surface area contributed by atoms with E-state index < -0.39 is 0 Å². The van der Waals surface area contributed by atoms with Gasteiger partial charge in [-0.05, 0) is 44.6 Å². The summed E-state index contributed by atoms with van der Waals surface area (Å²) in [5.41, 5.74) is 7.25. The van der Waals surface area contributed by atoms with Crippen LogP contribution in [0.3, 0.4) is 0 Å². The molecule has 1 saturated heterocycles. The smallest absolute Gasteiger partial charge is 0.122 e. The van der Waals surface area contributed by atoms with Gasteiger partial charge in [0, 0.05) is 24.7 Å². The summed E-state index contributed by atoms with van der Waals surface area (Å²) >= 11 is 6.41. The summed E-state index contributed by atoms with van der Waals surface area (Å²) in [6, 6.07) is 6.14. The van der Waals surface area contributed by atoms with Crippen molar-refractivity contribution in [2.75, 3.05) is 31.6 Å². The van der Waals surface area contributed by atoms with Crippen molar-refractivity contribution in [3.63, 3.8) is 0 Å². The second kappa shape index (κ2) is 6.46. The minimum absolute atomic E-state index is 0.0566. The topological polar surface area (TPSA) is 56.4 Å². The predicted molar refractivity (Wildman–Crippen MR) is 86.0 cm³/mol. The van der Waals surface area contributed by atoms with E-state index in [-0.39, 0.29) is 5.84 Å². The van der Waals surface area contributed by atoms with Gasteiger partial charge in [0.05, 0.1) is 10.7 Å². The summed E-state index contributed by atoms with van der Waals surface area (Å²) in [5, 5.41) is 8.16. The van der Waals surface area contributed by atoms with Crippen molar-refractivity contribution in [2.45, 2.75) is 25.8 Å². The SMILES string of the molecule is CCC1CN(C)CCCN1c1ccc(C(=N)N)cc1Cl. The number of halogens is 1. The Morgan fingerprint density at radius 1 is 1.45 bits per heavy atom. The van der Waals surface area contributed by atoms with Crippen molar-refractivity contribution >= 4 is 23.1 Å². The lowest BCUT2D eigenvalue weighted by atomic mass is 10.1. The number of nitrogens with zero attached hydrogens (tertiary/aromatic N) is 2. The molecule has 1 atom stereocenters. The first kappa shape index (κ1) is 15.1. The van der Waals surface area contributed by atoms with E-state index in [9.17, 15) is 0 Å². The van der Waals surface area contributed by atoms with E-state index in [0.717, 1.165) is 38.2 Å². The molecule has 1 aromatic carbocycles. The van der Waals surface area contributed by atoms with Crippen LogP contribution in [0, 0.1) is 5.41 Å². The van der Waals surface area contributed by atoms with Crippen molar-refractivity contribution in [3.8, 4) is 0 Å². The second-order valence-electron chi connectivity index (χ2n) is 5.45. The minimum Gasteiger partial charge on any atom is -0.384 e.